The second-order valence-electron chi connectivity index (χ2n) is 7.78. The Hall–Kier alpha value is -2.87. The van der Waals surface area contributed by atoms with Crippen molar-refractivity contribution < 1.29 is 17.7 Å². The average molecular weight is 428 g/mol. The molecule has 30 heavy (non-hydrogen) atoms. The quantitative estimate of drug-likeness (QED) is 0.631. The SMILES string of the molecule is Cc1ccc(N(C)S(=O)(=O)c2ccc3onc(C(=O)N4CCCCC4)c3c2)cc1C. The fraction of sp³-hybridized carbons (Fsp3) is 0.364. The maximum atomic E-state index is 13.3. The molecule has 0 spiro atoms. The maximum absolute atomic E-state index is 13.3. The van der Waals surface area contributed by atoms with Gasteiger partial charge in [0.25, 0.3) is 15.9 Å². The molecule has 3 aromatic rings. The molecule has 1 aliphatic rings. The Bertz CT molecular complexity index is 1210. The molecule has 1 fully saturated rings. The highest BCUT2D eigenvalue weighted by atomic mass is 32.2. The number of hydrogen-bond acceptors (Lipinski definition) is 5. The van der Waals surface area contributed by atoms with Crippen molar-refractivity contribution in [3.63, 3.8) is 0 Å². The molecule has 4 rings (SSSR count). The van der Waals surface area contributed by atoms with Crippen LogP contribution in [0.15, 0.2) is 45.8 Å². The van der Waals surface area contributed by atoms with Crippen LogP contribution in [0.3, 0.4) is 0 Å². The molecule has 1 amide bonds. The van der Waals surface area contributed by atoms with E-state index in [1.54, 1.807) is 17.0 Å². The normalized spacial score (nSPS) is 14.8. The molecule has 8 heteroatoms. The lowest BCUT2D eigenvalue weighted by atomic mass is 10.1. The Morgan fingerprint density at radius 1 is 1.03 bits per heavy atom. The first-order chi connectivity index (χ1) is 14.3. The van der Waals surface area contributed by atoms with Gasteiger partial charge in [-0.05, 0) is 74.6 Å². The minimum absolute atomic E-state index is 0.0895. The van der Waals surface area contributed by atoms with Gasteiger partial charge in [0.1, 0.15) is 0 Å². The fourth-order valence-electron chi connectivity index (χ4n) is 3.70. The number of fused-ring (bicyclic) bond motifs is 1. The minimum atomic E-state index is -3.82. The van der Waals surface area contributed by atoms with Gasteiger partial charge in [-0.1, -0.05) is 11.2 Å². The highest BCUT2D eigenvalue weighted by molar-refractivity contribution is 7.92. The number of amides is 1. The summed E-state index contributed by atoms with van der Waals surface area (Å²) in [4.78, 5) is 14.7. The van der Waals surface area contributed by atoms with Gasteiger partial charge in [-0.15, -0.1) is 0 Å². The van der Waals surface area contributed by atoms with Crippen LogP contribution in [0, 0.1) is 13.8 Å². The van der Waals surface area contributed by atoms with Crippen molar-refractivity contribution in [1.29, 1.82) is 0 Å². The van der Waals surface area contributed by atoms with E-state index < -0.39 is 10.0 Å². The van der Waals surface area contributed by atoms with E-state index in [0.717, 1.165) is 30.4 Å². The Morgan fingerprint density at radius 3 is 2.47 bits per heavy atom. The maximum Gasteiger partial charge on any atom is 0.276 e. The third-order valence-electron chi connectivity index (χ3n) is 5.80. The Morgan fingerprint density at radius 2 is 1.77 bits per heavy atom. The topological polar surface area (TPSA) is 83.7 Å². The first-order valence-corrected chi connectivity index (χ1v) is 11.5. The number of rotatable bonds is 4. The second-order valence-corrected chi connectivity index (χ2v) is 9.75. The molecule has 2 heterocycles. The minimum Gasteiger partial charge on any atom is -0.355 e. The molecule has 0 saturated carbocycles. The largest absolute Gasteiger partial charge is 0.355 e. The summed E-state index contributed by atoms with van der Waals surface area (Å²) < 4.78 is 33.1. The van der Waals surface area contributed by atoms with Gasteiger partial charge < -0.3 is 9.42 Å². The smallest absolute Gasteiger partial charge is 0.276 e. The third-order valence-corrected chi connectivity index (χ3v) is 7.58. The van der Waals surface area contributed by atoms with Gasteiger partial charge in [0, 0.05) is 20.1 Å². The van der Waals surface area contributed by atoms with Crippen molar-refractivity contribution in [2.45, 2.75) is 38.0 Å². The lowest BCUT2D eigenvalue weighted by Crippen LogP contribution is -2.35. The molecule has 2 aromatic carbocycles. The summed E-state index contributed by atoms with van der Waals surface area (Å²) in [6.07, 6.45) is 3.03. The van der Waals surface area contributed by atoms with E-state index in [1.165, 1.54) is 23.5 Å². The van der Waals surface area contributed by atoms with E-state index in [1.807, 2.05) is 26.0 Å². The molecule has 0 unspecified atom stereocenters. The fourth-order valence-corrected chi connectivity index (χ4v) is 4.91. The van der Waals surface area contributed by atoms with Crippen LogP contribution in [0.2, 0.25) is 0 Å². The first kappa shape index (κ1) is 20.4. The summed E-state index contributed by atoms with van der Waals surface area (Å²) in [6, 6.07) is 10.0. The molecule has 158 valence electrons. The van der Waals surface area contributed by atoms with E-state index >= 15 is 0 Å². The van der Waals surface area contributed by atoms with Crippen LogP contribution in [0.4, 0.5) is 5.69 Å². The summed E-state index contributed by atoms with van der Waals surface area (Å²) in [5, 5.41) is 4.36. The summed E-state index contributed by atoms with van der Waals surface area (Å²) in [6.45, 7) is 5.29. The highest BCUT2D eigenvalue weighted by Gasteiger charge is 2.27. The van der Waals surface area contributed by atoms with Gasteiger partial charge in [0.05, 0.1) is 16.0 Å². The van der Waals surface area contributed by atoms with Crippen molar-refractivity contribution in [3.8, 4) is 0 Å². The zero-order chi connectivity index (χ0) is 21.5. The van der Waals surface area contributed by atoms with E-state index in [2.05, 4.69) is 5.16 Å². The second kappa shape index (κ2) is 7.75. The molecule has 1 aliphatic heterocycles. The number of sulfonamides is 1. The van der Waals surface area contributed by atoms with E-state index in [-0.39, 0.29) is 16.5 Å². The number of likely N-dealkylation sites (tertiary alicyclic amines) is 1. The number of anilines is 1. The van der Waals surface area contributed by atoms with Crippen molar-refractivity contribution in [1.82, 2.24) is 10.1 Å². The Labute approximate surface area is 176 Å². The summed E-state index contributed by atoms with van der Waals surface area (Å²) in [5.41, 5.74) is 3.24. The van der Waals surface area contributed by atoms with Gasteiger partial charge in [0.15, 0.2) is 11.3 Å². The predicted molar refractivity (Wildman–Crippen MR) is 115 cm³/mol. The number of carbonyl (C=O) groups is 1. The van der Waals surface area contributed by atoms with Gasteiger partial charge >= 0.3 is 0 Å². The number of aryl methyl sites for hydroxylation is 2. The molecule has 0 atom stereocenters. The Kier molecular flexibility index (Phi) is 5.27. The van der Waals surface area contributed by atoms with Crippen LogP contribution < -0.4 is 4.31 Å². The number of hydrogen-bond donors (Lipinski definition) is 0. The van der Waals surface area contributed by atoms with Gasteiger partial charge in [0.2, 0.25) is 0 Å². The number of aromatic nitrogens is 1. The van der Waals surface area contributed by atoms with Gasteiger partial charge in [-0.2, -0.15) is 0 Å². The predicted octanol–water partition coefficient (Wildman–Crippen LogP) is 3.90. The van der Waals surface area contributed by atoms with Crippen molar-refractivity contribution >= 4 is 32.6 Å². The molecule has 0 radical (unpaired) electrons. The third kappa shape index (κ3) is 3.56. The molecular weight excluding hydrogens is 402 g/mol. The lowest BCUT2D eigenvalue weighted by Gasteiger charge is -2.25. The Balaban J connectivity index is 1.71. The zero-order valence-electron chi connectivity index (χ0n) is 17.4. The lowest BCUT2D eigenvalue weighted by molar-refractivity contribution is 0.0716. The number of piperidine rings is 1. The molecular formula is C22H25N3O4S. The number of benzene rings is 2. The van der Waals surface area contributed by atoms with Crippen LogP contribution in [0.1, 0.15) is 40.9 Å². The van der Waals surface area contributed by atoms with E-state index in [0.29, 0.717) is 29.7 Å². The summed E-state index contributed by atoms with van der Waals surface area (Å²) in [7, 11) is -2.29. The monoisotopic (exact) mass is 427 g/mol. The zero-order valence-corrected chi connectivity index (χ0v) is 18.2. The van der Waals surface area contributed by atoms with Crippen LogP contribution in [-0.2, 0) is 10.0 Å². The van der Waals surface area contributed by atoms with E-state index in [4.69, 9.17) is 4.52 Å². The van der Waals surface area contributed by atoms with Crippen molar-refractivity contribution in [3.05, 3.63) is 53.2 Å². The van der Waals surface area contributed by atoms with Crippen LogP contribution in [0.5, 0.6) is 0 Å². The summed E-state index contributed by atoms with van der Waals surface area (Å²) >= 11 is 0. The van der Waals surface area contributed by atoms with Gasteiger partial charge in [-0.3, -0.25) is 9.10 Å². The van der Waals surface area contributed by atoms with Crippen LogP contribution >= 0.6 is 0 Å². The van der Waals surface area contributed by atoms with Crippen LogP contribution in [-0.4, -0.2) is 44.5 Å². The molecule has 0 bridgehead atoms. The van der Waals surface area contributed by atoms with Crippen molar-refractivity contribution in [2.24, 2.45) is 0 Å². The molecule has 1 aromatic heterocycles. The number of nitrogens with zero attached hydrogens (tertiary/aromatic N) is 3. The van der Waals surface area contributed by atoms with Crippen molar-refractivity contribution in [2.75, 3.05) is 24.4 Å². The molecule has 0 N–H and O–H groups in total. The molecule has 7 nitrogen and oxygen atoms in total. The van der Waals surface area contributed by atoms with Crippen LogP contribution in [0.25, 0.3) is 11.0 Å². The standard InChI is InChI=1S/C22H25N3O4S/c1-15-7-8-17(13-16(15)2)24(3)30(27,28)18-9-10-20-19(14-18)21(23-29-20)22(26)25-11-5-4-6-12-25/h7-10,13-14H,4-6,11-12H2,1-3H3. The average Bonchev–Trinajstić information content (AvgIpc) is 3.18. The number of carbonyl (C=O) groups excluding carboxylic acids is 1. The molecule has 0 aliphatic carbocycles. The summed E-state index contributed by atoms with van der Waals surface area (Å²) in [5.74, 6) is -0.217. The van der Waals surface area contributed by atoms with Gasteiger partial charge in [-0.25, -0.2) is 8.42 Å². The van der Waals surface area contributed by atoms with E-state index in [9.17, 15) is 13.2 Å². The molecule has 1 saturated heterocycles. The highest BCUT2D eigenvalue weighted by Crippen LogP contribution is 2.28. The first-order valence-electron chi connectivity index (χ1n) is 10.0.